The summed E-state index contributed by atoms with van der Waals surface area (Å²) >= 11 is 12.0. The van der Waals surface area contributed by atoms with E-state index in [1.54, 1.807) is 17.8 Å². The fraction of sp³-hybridized carbons (Fsp3) is 0.350. The number of amides is 1. The van der Waals surface area contributed by atoms with Crippen LogP contribution in [0.4, 0.5) is 0 Å². The Morgan fingerprint density at radius 2 is 2.07 bits per heavy atom. The smallest absolute Gasteiger partial charge is 0.273 e. The topological polar surface area (TPSA) is 79.8 Å². The Bertz CT molecular complexity index is 1170. The molecule has 6 nitrogen and oxygen atoms in total. The SMILES string of the molecule is Cc1nc2c(c(C)c1CNC(=O)[C@H]1C[C@H]1c1ccc(Cl)c(Cl)c1)c(=O)[nH]n2C. The molecule has 0 spiro atoms. The third-order valence-corrected chi connectivity index (χ3v) is 6.25. The number of halogens is 2. The lowest BCUT2D eigenvalue weighted by Gasteiger charge is -2.12. The minimum atomic E-state index is -0.169. The van der Waals surface area contributed by atoms with E-state index in [2.05, 4.69) is 15.4 Å². The van der Waals surface area contributed by atoms with E-state index in [0.29, 0.717) is 27.6 Å². The van der Waals surface area contributed by atoms with Gasteiger partial charge in [0.2, 0.25) is 5.91 Å². The molecule has 2 N–H and O–H groups in total. The van der Waals surface area contributed by atoms with Gasteiger partial charge in [-0.3, -0.25) is 19.4 Å². The molecule has 8 heteroatoms. The van der Waals surface area contributed by atoms with Crippen molar-refractivity contribution in [3.8, 4) is 0 Å². The summed E-state index contributed by atoms with van der Waals surface area (Å²) in [6.45, 7) is 4.13. The zero-order valence-electron chi connectivity index (χ0n) is 15.8. The molecule has 0 radical (unpaired) electrons. The molecule has 3 aromatic rings. The number of benzene rings is 1. The van der Waals surface area contributed by atoms with E-state index in [-0.39, 0.29) is 23.3 Å². The second-order valence-electron chi connectivity index (χ2n) is 7.34. The average molecular weight is 419 g/mol. The maximum absolute atomic E-state index is 12.6. The van der Waals surface area contributed by atoms with Crippen molar-refractivity contribution in [2.45, 2.75) is 32.7 Å². The number of rotatable bonds is 4. The minimum Gasteiger partial charge on any atom is -0.352 e. The summed E-state index contributed by atoms with van der Waals surface area (Å²) in [6, 6.07) is 5.51. The van der Waals surface area contributed by atoms with E-state index < -0.39 is 0 Å². The summed E-state index contributed by atoms with van der Waals surface area (Å²) in [5.74, 6) is 0.0844. The molecular formula is C20H20Cl2N4O2. The summed E-state index contributed by atoms with van der Waals surface area (Å²) in [6.07, 6.45) is 0.789. The second kappa shape index (κ2) is 6.94. The first kappa shape index (κ1) is 19.0. The van der Waals surface area contributed by atoms with Crippen LogP contribution < -0.4 is 10.9 Å². The van der Waals surface area contributed by atoms with E-state index in [0.717, 1.165) is 28.8 Å². The van der Waals surface area contributed by atoms with Crippen molar-refractivity contribution in [2.75, 3.05) is 0 Å². The Hall–Kier alpha value is -2.31. The highest BCUT2D eigenvalue weighted by Crippen LogP contribution is 2.48. The number of aromatic amines is 1. The normalized spacial score (nSPS) is 18.5. The van der Waals surface area contributed by atoms with Crippen molar-refractivity contribution in [1.82, 2.24) is 20.1 Å². The molecule has 0 bridgehead atoms. The van der Waals surface area contributed by atoms with Crippen LogP contribution in [0.25, 0.3) is 11.0 Å². The molecule has 2 atom stereocenters. The fourth-order valence-electron chi connectivity index (χ4n) is 3.81. The standard InChI is InChI=1S/C20H20Cl2N4O2/c1-9-14(10(2)24-18-17(9)20(28)25-26(18)3)8-23-19(27)13-7-12(13)11-4-5-15(21)16(22)6-11/h4-6,12-13H,7-8H2,1-3H3,(H,23,27)(H,25,28)/t12-,13-/m0/s1. The maximum atomic E-state index is 12.6. The van der Waals surface area contributed by atoms with Gasteiger partial charge in [-0.2, -0.15) is 0 Å². The number of aryl methyl sites for hydroxylation is 3. The van der Waals surface area contributed by atoms with Crippen LogP contribution in [0.1, 0.15) is 34.7 Å². The van der Waals surface area contributed by atoms with Gasteiger partial charge >= 0.3 is 0 Å². The van der Waals surface area contributed by atoms with Crippen molar-refractivity contribution in [2.24, 2.45) is 13.0 Å². The van der Waals surface area contributed by atoms with Crippen molar-refractivity contribution >= 4 is 40.1 Å². The van der Waals surface area contributed by atoms with Crippen LogP contribution >= 0.6 is 23.2 Å². The Balaban J connectivity index is 1.49. The average Bonchev–Trinajstić information content (AvgIpc) is 3.38. The van der Waals surface area contributed by atoms with Crippen LogP contribution in [-0.4, -0.2) is 20.7 Å². The van der Waals surface area contributed by atoms with Gasteiger partial charge in [-0.15, -0.1) is 0 Å². The van der Waals surface area contributed by atoms with Crippen molar-refractivity contribution in [1.29, 1.82) is 0 Å². The molecule has 1 amide bonds. The van der Waals surface area contributed by atoms with Crippen LogP contribution in [-0.2, 0) is 18.4 Å². The number of fused-ring (bicyclic) bond motifs is 1. The molecule has 1 aromatic carbocycles. The lowest BCUT2D eigenvalue weighted by Crippen LogP contribution is -2.26. The largest absolute Gasteiger partial charge is 0.352 e. The van der Waals surface area contributed by atoms with E-state index in [1.165, 1.54) is 0 Å². The van der Waals surface area contributed by atoms with Crippen LogP contribution in [0.3, 0.4) is 0 Å². The second-order valence-corrected chi connectivity index (χ2v) is 8.15. The molecule has 1 aliphatic carbocycles. The number of aromatic nitrogens is 3. The molecule has 0 saturated heterocycles. The first-order valence-corrected chi connectivity index (χ1v) is 9.81. The maximum Gasteiger partial charge on any atom is 0.273 e. The van der Waals surface area contributed by atoms with Gasteiger partial charge < -0.3 is 5.32 Å². The lowest BCUT2D eigenvalue weighted by atomic mass is 10.0. The Morgan fingerprint density at radius 3 is 2.79 bits per heavy atom. The fourth-order valence-corrected chi connectivity index (χ4v) is 4.12. The summed E-state index contributed by atoms with van der Waals surface area (Å²) in [7, 11) is 1.76. The Kier molecular flexibility index (Phi) is 4.71. The number of carbonyl (C=O) groups excluding carboxylic acids is 1. The highest BCUT2D eigenvalue weighted by atomic mass is 35.5. The van der Waals surface area contributed by atoms with Crippen LogP contribution in [0.5, 0.6) is 0 Å². The van der Waals surface area contributed by atoms with Gasteiger partial charge in [-0.05, 0) is 55.0 Å². The lowest BCUT2D eigenvalue weighted by molar-refractivity contribution is -0.122. The third-order valence-electron chi connectivity index (χ3n) is 5.51. The predicted molar refractivity (Wildman–Crippen MR) is 110 cm³/mol. The highest BCUT2D eigenvalue weighted by Gasteiger charge is 2.44. The van der Waals surface area contributed by atoms with Crippen LogP contribution in [0.15, 0.2) is 23.0 Å². The number of pyridine rings is 1. The molecule has 1 fully saturated rings. The van der Waals surface area contributed by atoms with E-state index >= 15 is 0 Å². The van der Waals surface area contributed by atoms with E-state index in [4.69, 9.17) is 23.2 Å². The quantitative estimate of drug-likeness (QED) is 0.678. The first-order chi connectivity index (χ1) is 13.3. The van der Waals surface area contributed by atoms with Gasteiger partial charge in [0.25, 0.3) is 5.56 Å². The number of hydrogen-bond acceptors (Lipinski definition) is 3. The van der Waals surface area contributed by atoms with Gasteiger partial charge in [0.15, 0.2) is 5.65 Å². The monoisotopic (exact) mass is 418 g/mol. The molecular weight excluding hydrogens is 399 g/mol. The van der Waals surface area contributed by atoms with Crippen molar-refractivity contribution in [3.05, 3.63) is 61.0 Å². The van der Waals surface area contributed by atoms with Crippen molar-refractivity contribution < 1.29 is 4.79 Å². The molecule has 4 rings (SSSR count). The zero-order chi connectivity index (χ0) is 20.2. The zero-order valence-corrected chi connectivity index (χ0v) is 17.3. The first-order valence-electron chi connectivity index (χ1n) is 9.05. The summed E-state index contributed by atoms with van der Waals surface area (Å²) < 4.78 is 1.62. The predicted octanol–water partition coefficient (Wildman–Crippen LogP) is 3.61. The van der Waals surface area contributed by atoms with Crippen LogP contribution in [0.2, 0.25) is 10.0 Å². The number of H-pyrrole nitrogens is 1. The van der Waals surface area contributed by atoms with Crippen LogP contribution in [0, 0.1) is 19.8 Å². The molecule has 146 valence electrons. The molecule has 2 aromatic heterocycles. The third kappa shape index (κ3) is 3.20. The summed E-state index contributed by atoms with van der Waals surface area (Å²) in [5.41, 5.74) is 4.01. The Morgan fingerprint density at radius 1 is 1.32 bits per heavy atom. The van der Waals surface area contributed by atoms with Gasteiger partial charge in [0.05, 0.1) is 15.4 Å². The summed E-state index contributed by atoms with van der Waals surface area (Å²) in [4.78, 5) is 29.3. The molecule has 0 aliphatic heterocycles. The Labute approximate surface area is 171 Å². The van der Waals surface area contributed by atoms with Gasteiger partial charge in [0.1, 0.15) is 0 Å². The summed E-state index contributed by atoms with van der Waals surface area (Å²) in [5, 5.41) is 7.31. The van der Waals surface area contributed by atoms with Gasteiger partial charge in [-0.1, -0.05) is 29.3 Å². The number of nitrogens with one attached hydrogen (secondary N) is 2. The molecule has 0 unspecified atom stereocenters. The highest BCUT2D eigenvalue weighted by molar-refractivity contribution is 6.42. The van der Waals surface area contributed by atoms with Gasteiger partial charge in [-0.25, -0.2) is 4.98 Å². The molecule has 2 heterocycles. The number of nitrogens with zero attached hydrogens (tertiary/aromatic N) is 2. The van der Waals surface area contributed by atoms with E-state index in [9.17, 15) is 9.59 Å². The molecule has 1 saturated carbocycles. The molecule has 1 aliphatic rings. The minimum absolute atomic E-state index is 0.00283. The number of hydrogen-bond donors (Lipinski definition) is 2. The molecule has 28 heavy (non-hydrogen) atoms. The van der Waals surface area contributed by atoms with Gasteiger partial charge in [0, 0.05) is 25.2 Å². The number of carbonyl (C=O) groups is 1. The van der Waals surface area contributed by atoms with E-state index in [1.807, 2.05) is 26.0 Å². The van der Waals surface area contributed by atoms with Crippen molar-refractivity contribution in [3.63, 3.8) is 0 Å².